The highest BCUT2D eigenvalue weighted by atomic mass is 35.5. The Morgan fingerprint density at radius 3 is 2.61 bits per heavy atom. The molecular formula is C22H27ClN2O3. The van der Waals surface area contributed by atoms with Crippen LogP contribution >= 0.6 is 12.4 Å². The summed E-state index contributed by atoms with van der Waals surface area (Å²) >= 11 is 0. The summed E-state index contributed by atoms with van der Waals surface area (Å²) in [5.41, 5.74) is 1.72. The van der Waals surface area contributed by atoms with Crippen molar-refractivity contribution in [2.75, 3.05) is 33.4 Å². The van der Waals surface area contributed by atoms with E-state index in [2.05, 4.69) is 5.32 Å². The molecule has 1 aliphatic heterocycles. The molecule has 5 nitrogen and oxygen atoms in total. The van der Waals surface area contributed by atoms with Crippen LogP contribution in [-0.4, -0.2) is 44.2 Å². The number of halogens is 1. The molecule has 4 rings (SSSR count). The number of nitrogens with zero attached hydrogens (tertiary/aromatic N) is 1. The number of methoxy groups -OCH3 is 1. The molecule has 0 aromatic heterocycles. The minimum Gasteiger partial charge on any atom is -0.496 e. The first-order valence-electron chi connectivity index (χ1n) is 9.63. The number of carbonyl (C=O) groups excluding carboxylic acids is 1. The molecule has 0 radical (unpaired) electrons. The Labute approximate surface area is 172 Å². The Bertz CT molecular complexity index is 793. The second-order valence-corrected chi connectivity index (χ2v) is 7.24. The number of benzene rings is 2. The van der Waals surface area contributed by atoms with Gasteiger partial charge in [-0.2, -0.15) is 0 Å². The third-order valence-electron chi connectivity index (χ3n) is 5.29. The van der Waals surface area contributed by atoms with Gasteiger partial charge in [-0.1, -0.05) is 18.2 Å². The summed E-state index contributed by atoms with van der Waals surface area (Å²) in [7, 11) is 1.67. The molecule has 2 fully saturated rings. The van der Waals surface area contributed by atoms with Crippen LogP contribution in [0.1, 0.15) is 34.8 Å². The van der Waals surface area contributed by atoms with Crippen LogP contribution in [0.2, 0.25) is 0 Å². The number of piperazine rings is 1. The molecule has 28 heavy (non-hydrogen) atoms. The maximum Gasteiger partial charge on any atom is 0.254 e. The molecule has 1 amide bonds. The van der Waals surface area contributed by atoms with Crippen LogP contribution in [0.4, 0.5) is 0 Å². The Kier molecular flexibility index (Phi) is 6.81. The molecule has 1 aliphatic carbocycles. The summed E-state index contributed by atoms with van der Waals surface area (Å²) in [6.45, 7) is 2.96. The number of amides is 1. The minimum absolute atomic E-state index is 0. The molecular weight excluding hydrogens is 376 g/mol. The SMILES string of the molecule is COc1ccccc1C1CNCCN1C(=O)c1ccc(OCC2CC2)cc1.Cl. The highest BCUT2D eigenvalue weighted by Gasteiger charge is 2.30. The lowest BCUT2D eigenvalue weighted by Gasteiger charge is -2.37. The lowest BCUT2D eigenvalue weighted by molar-refractivity contribution is 0.0631. The third kappa shape index (κ3) is 4.59. The van der Waals surface area contributed by atoms with Gasteiger partial charge >= 0.3 is 0 Å². The third-order valence-corrected chi connectivity index (χ3v) is 5.29. The van der Waals surface area contributed by atoms with Crippen molar-refractivity contribution in [3.63, 3.8) is 0 Å². The number of hydrogen-bond acceptors (Lipinski definition) is 4. The monoisotopic (exact) mass is 402 g/mol. The van der Waals surface area contributed by atoms with E-state index in [1.807, 2.05) is 53.4 Å². The van der Waals surface area contributed by atoms with E-state index in [4.69, 9.17) is 9.47 Å². The lowest BCUT2D eigenvalue weighted by Crippen LogP contribution is -2.48. The molecule has 1 saturated heterocycles. The van der Waals surface area contributed by atoms with E-state index in [0.29, 0.717) is 24.6 Å². The van der Waals surface area contributed by atoms with Crippen LogP contribution < -0.4 is 14.8 Å². The highest BCUT2D eigenvalue weighted by molar-refractivity contribution is 5.94. The van der Waals surface area contributed by atoms with Gasteiger partial charge in [0, 0.05) is 30.8 Å². The molecule has 6 heteroatoms. The molecule has 1 unspecified atom stereocenters. The molecule has 150 valence electrons. The van der Waals surface area contributed by atoms with E-state index in [-0.39, 0.29) is 24.4 Å². The summed E-state index contributed by atoms with van der Waals surface area (Å²) in [6.07, 6.45) is 2.54. The van der Waals surface area contributed by atoms with Crippen LogP contribution in [0.15, 0.2) is 48.5 Å². The van der Waals surface area contributed by atoms with Gasteiger partial charge in [0.05, 0.1) is 19.8 Å². The zero-order valence-electron chi connectivity index (χ0n) is 16.1. The predicted octanol–water partition coefficient (Wildman–Crippen LogP) is 3.69. The van der Waals surface area contributed by atoms with Crippen LogP contribution in [0.25, 0.3) is 0 Å². The number of hydrogen-bond donors (Lipinski definition) is 1. The average Bonchev–Trinajstić information content (AvgIpc) is 3.56. The molecule has 1 atom stereocenters. The van der Waals surface area contributed by atoms with Crippen molar-refractivity contribution in [3.8, 4) is 11.5 Å². The second kappa shape index (κ2) is 9.30. The Morgan fingerprint density at radius 2 is 1.89 bits per heavy atom. The van der Waals surface area contributed by atoms with Crippen molar-refractivity contribution in [2.24, 2.45) is 5.92 Å². The first kappa shape index (κ1) is 20.5. The Morgan fingerprint density at radius 1 is 1.14 bits per heavy atom. The quantitative estimate of drug-likeness (QED) is 0.800. The number of para-hydroxylation sites is 1. The van der Waals surface area contributed by atoms with Crippen LogP contribution in [0.3, 0.4) is 0 Å². The smallest absolute Gasteiger partial charge is 0.254 e. The number of carbonyl (C=O) groups is 1. The van der Waals surface area contributed by atoms with E-state index >= 15 is 0 Å². The topological polar surface area (TPSA) is 50.8 Å². The van der Waals surface area contributed by atoms with Crippen molar-refractivity contribution < 1.29 is 14.3 Å². The van der Waals surface area contributed by atoms with Gasteiger partial charge in [-0.3, -0.25) is 4.79 Å². The maximum absolute atomic E-state index is 13.2. The van der Waals surface area contributed by atoms with Gasteiger partial charge in [0.1, 0.15) is 11.5 Å². The fourth-order valence-corrected chi connectivity index (χ4v) is 3.53. The number of ether oxygens (including phenoxy) is 2. The van der Waals surface area contributed by atoms with Gasteiger partial charge in [0.15, 0.2) is 0 Å². The van der Waals surface area contributed by atoms with Crippen molar-refractivity contribution in [1.29, 1.82) is 0 Å². The average molecular weight is 403 g/mol. The first-order chi connectivity index (χ1) is 13.3. The summed E-state index contributed by atoms with van der Waals surface area (Å²) < 4.78 is 11.3. The van der Waals surface area contributed by atoms with E-state index < -0.39 is 0 Å². The fraction of sp³-hybridized carbons (Fsp3) is 0.409. The fourth-order valence-electron chi connectivity index (χ4n) is 3.53. The van der Waals surface area contributed by atoms with Crippen LogP contribution in [0.5, 0.6) is 11.5 Å². The molecule has 2 aromatic rings. The molecule has 2 aromatic carbocycles. The molecule has 0 spiro atoms. The molecule has 1 N–H and O–H groups in total. The lowest BCUT2D eigenvalue weighted by atomic mass is 10.0. The van der Waals surface area contributed by atoms with E-state index in [9.17, 15) is 4.79 Å². The molecule has 0 bridgehead atoms. The van der Waals surface area contributed by atoms with E-state index in [1.54, 1.807) is 7.11 Å². The Hall–Kier alpha value is -2.24. The summed E-state index contributed by atoms with van der Waals surface area (Å²) in [5.74, 6) is 2.41. The van der Waals surface area contributed by atoms with Crippen molar-refractivity contribution in [2.45, 2.75) is 18.9 Å². The summed E-state index contributed by atoms with van der Waals surface area (Å²) in [5, 5.41) is 3.39. The molecule has 2 aliphatic rings. The van der Waals surface area contributed by atoms with Crippen molar-refractivity contribution in [3.05, 3.63) is 59.7 Å². The zero-order chi connectivity index (χ0) is 18.6. The van der Waals surface area contributed by atoms with Gasteiger partial charge in [-0.25, -0.2) is 0 Å². The maximum atomic E-state index is 13.2. The van der Waals surface area contributed by atoms with E-state index in [1.165, 1.54) is 12.8 Å². The number of nitrogens with one attached hydrogen (secondary N) is 1. The second-order valence-electron chi connectivity index (χ2n) is 7.24. The molecule has 1 heterocycles. The summed E-state index contributed by atoms with van der Waals surface area (Å²) in [4.78, 5) is 15.1. The Balaban J connectivity index is 0.00000225. The van der Waals surface area contributed by atoms with Gasteiger partial charge in [0.2, 0.25) is 0 Å². The highest BCUT2D eigenvalue weighted by Crippen LogP contribution is 2.32. The standard InChI is InChI=1S/C22H26N2O3.ClH/c1-26-21-5-3-2-4-19(21)20-14-23-12-13-24(20)22(25)17-8-10-18(11-9-17)27-15-16-6-7-16;/h2-5,8-11,16,20,23H,6-7,12-15H2,1H3;1H. The van der Waals surface area contributed by atoms with Crippen molar-refractivity contribution in [1.82, 2.24) is 10.2 Å². The zero-order valence-corrected chi connectivity index (χ0v) is 16.9. The molecule has 1 saturated carbocycles. The van der Waals surface area contributed by atoms with Gasteiger partial charge in [-0.15, -0.1) is 12.4 Å². The largest absolute Gasteiger partial charge is 0.496 e. The number of rotatable bonds is 6. The van der Waals surface area contributed by atoms with E-state index in [0.717, 1.165) is 30.2 Å². The van der Waals surface area contributed by atoms with Crippen molar-refractivity contribution >= 4 is 18.3 Å². The first-order valence-corrected chi connectivity index (χ1v) is 9.63. The van der Waals surface area contributed by atoms with Crippen LogP contribution in [-0.2, 0) is 0 Å². The normalized spacial score (nSPS) is 18.9. The van der Waals surface area contributed by atoms with Crippen LogP contribution in [0, 0.1) is 5.92 Å². The van der Waals surface area contributed by atoms with Gasteiger partial charge in [-0.05, 0) is 49.1 Å². The summed E-state index contributed by atoms with van der Waals surface area (Å²) in [6, 6.07) is 15.4. The van der Waals surface area contributed by atoms with Gasteiger partial charge in [0.25, 0.3) is 5.91 Å². The minimum atomic E-state index is -0.0480. The van der Waals surface area contributed by atoms with Gasteiger partial charge < -0.3 is 19.7 Å². The predicted molar refractivity (Wildman–Crippen MR) is 112 cm³/mol.